The maximum atomic E-state index is 11.7. The molecule has 18 heavy (non-hydrogen) atoms. The third-order valence-corrected chi connectivity index (χ3v) is 2.52. The summed E-state index contributed by atoms with van der Waals surface area (Å²) in [6, 6.07) is 9.07. The van der Waals surface area contributed by atoms with Gasteiger partial charge in [-0.05, 0) is 12.1 Å². The molecule has 0 saturated carbocycles. The standard InChI is InChI=1S/C12H9N5O/c13-10-5-6-17(12(18)16-10)11-14-7-8-3-1-2-4-9(8)15-11/h1-7H,(H2,13,16,18). The summed E-state index contributed by atoms with van der Waals surface area (Å²) in [5, 5.41) is 0.915. The molecule has 3 aromatic rings. The van der Waals surface area contributed by atoms with Crippen LogP contribution in [-0.2, 0) is 0 Å². The van der Waals surface area contributed by atoms with Gasteiger partial charge in [0.2, 0.25) is 5.95 Å². The minimum atomic E-state index is -0.495. The van der Waals surface area contributed by atoms with Crippen LogP contribution in [0.1, 0.15) is 0 Å². The van der Waals surface area contributed by atoms with Gasteiger partial charge in [-0.1, -0.05) is 18.2 Å². The van der Waals surface area contributed by atoms with Crippen LogP contribution in [0.15, 0.2) is 47.5 Å². The number of fused-ring (bicyclic) bond motifs is 1. The summed E-state index contributed by atoms with van der Waals surface area (Å²) in [5.74, 6) is 0.461. The number of rotatable bonds is 1. The lowest BCUT2D eigenvalue weighted by Crippen LogP contribution is -2.23. The molecule has 0 unspecified atom stereocenters. The van der Waals surface area contributed by atoms with Gasteiger partial charge >= 0.3 is 5.69 Å². The van der Waals surface area contributed by atoms with Crippen molar-refractivity contribution >= 4 is 16.7 Å². The molecule has 0 amide bonds. The zero-order valence-corrected chi connectivity index (χ0v) is 9.32. The fraction of sp³-hybridized carbons (Fsp3) is 0. The van der Waals surface area contributed by atoms with Crippen LogP contribution in [0, 0.1) is 0 Å². The van der Waals surface area contributed by atoms with E-state index in [-0.39, 0.29) is 11.8 Å². The van der Waals surface area contributed by atoms with E-state index in [1.807, 2.05) is 24.3 Å². The van der Waals surface area contributed by atoms with Crippen LogP contribution in [0.2, 0.25) is 0 Å². The fourth-order valence-corrected chi connectivity index (χ4v) is 1.65. The van der Waals surface area contributed by atoms with Crippen LogP contribution in [0.5, 0.6) is 0 Å². The van der Waals surface area contributed by atoms with E-state index >= 15 is 0 Å². The van der Waals surface area contributed by atoms with Gasteiger partial charge < -0.3 is 5.73 Å². The van der Waals surface area contributed by atoms with Crippen LogP contribution in [0.3, 0.4) is 0 Å². The molecule has 0 spiro atoms. The van der Waals surface area contributed by atoms with E-state index in [0.717, 1.165) is 10.9 Å². The van der Waals surface area contributed by atoms with Gasteiger partial charge in [0.1, 0.15) is 5.82 Å². The Kier molecular flexibility index (Phi) is 2.26. The summed E-state index contributed by atoms with van der Waals surface area (Å²) in [5.41, 5.74) is 5.71. The molecule has 2 N–H and O–H groups in total. The van der Waals surface area contributed by atoms with E-state index in [4.69, 9.17) is 5.73 Å². The zero-order valence-electron chi connectivity index (χ0n) is 9.32. The molecular weight excluding hydrogens is 230 g/mol. The van der Waals surface area contributed by atoms with Gasteiger partial charge in [-0.2, -0.15) is 4.98 Å². The summed E-state index contributed by atoms with van der Waals surface area (Å²) in [4.78, 5) is 23.7. The molecule has 0 radical (unpaired) electrons. The van der Waals surface area contributed by atoms with Gasteiger partial charge in [0.25, 0.3) is 0 Å². The van der Waals surface area contributed by atoms with Crippen molar-refractivity contribution in [1.82, 2.24) is 19.5 Å². The Morgan fingerprint density at radius 2 is 1.94 bits per heavy atom. The molecule has 0 bridgehead atoms. The number of nitrogens with zero attached hydrogens (tertiary/aromatic N) is 4. The van der Waals surface area contributed by atoms with E-state index in [0.29, 0.717) is 0 Å². The minimum Gasteiger partial charge on any atom is -0.383 e. The number of para-hydroxylation sites is 1. The van der Waals surface area contributed by atoms with Gasteiger partial charge in [0.15, 0.2) is 0 Å². The maximum absolute atomic E-state index is 11.7. The third kappa shape index (κ3) is 1.69. The summed E-state index contributed by atoms with van der Waals surface area (Å²) < 4.78 is 1.25. The molecule has 6 heteroatoms. The first-order valence-electron chi connectivity index (χ1n) is 5.31. The van der Waals surface area contributed by atoms with Gasteiger partial charge in [-0.3, -0.25) is 0 Å². The molecule has 0 aliphatic carbocycles. The summed E-state index contributed by atoms with van der Waals surface area (Å²) in [6.45, 7) is 0. The van der Waals surface area contributed by atoms with Crippen molar-refractivity contribution in [1.29, 1.82) is 0 Å². The molecule has 0 aliphatic heterocycles. The molecule has 88 valence electrons. The largest absolute Gasteiger partial charge is 0.383 e. The van der Waals surface area contributed by atoms with Crippen LogP contribution < -0.4 is 11.4 Å². The highest BCUT2D eigenvalue weighted by Crippen LogP contribution is 2.10. The Balaban J connectivity index is 2.22. The predicted octanol–water partition coefficient (Wildman–Crippen LogP) is 0.758. The fourth-order valence-electron chi connectivity index (χ4n) is 1.65. The number of hydrogen-bond acceptors (Lipinski definition) is 5. The number of benzene rings is 1. The van der Waals surface area contributed by atoms with Crippen molar-refractivity contribution in [3.8, 4) is 5.95 Å². The second kappa shape index (κ2) is 3.92. The van der Waals surface area contributed by atoms with Gasteiger partial charge in [0, 0.05) is 17.8 Å². The van der Waals surface area contributed by atoms with Crippen LogP contribution in [0.25, 0.3) is 16.9 Å². The molecule has 2 heterocycles. The molecule has 1 aromatic carbocycles. The number of nitrogen functional groups attached to an aromatic ring is 1. The smallest absolute Gasteiger partial charge is 0.356 e. The van der Waals surface area contributed by atoms with E-state index in [2.05, 4.69) is 15.0 Å². The molecule has 0 fully saturated rings. The van der Waals surface area contributed by atoms with Crippen molar-refractivity contribution in [3.63, 3.8) is 0 Å². The molecule has 0 atom stereocenters. The highest BCUT2D eigenvalue weighted by Gasteiger charge is 2.05. The average Bonchev–Trinajstić information content (AvgIpc) is 2.38. The quantitative estimate of drug-likeness (QED) is 0.677. The molecular formula is C12H9N5O. The normalized spacial score (nSPS) is 10.7. The Labute approximate surface area is 102 Å². The SMILES string of the molecule is Nc1ccn(-c2ncc3ccccc3n2)c(=O)n1. The Bertz CT molecular complexity index is 781. The predicted molar refractivity (Wildman–Crippen MR) is 67.3 cm³/mol. The Morgan fingerprint density at radius 1 is 1.11 bits per heavy atom. The summed E-state index contributed by atoms with van der Waals surface area (Å²) >= 11 is 0. The molecule has 0 saturated heterocycles. The van der Waals surface area contributed by atoms with Crippen molar-refractivity contribution in [3.05, 3.63) is 53.2 Å². The Morgan fingerprint density at radius 3 is 2.78 bits per heavy atom. The number of anilines is 1. The average molecular weight is 239 g/mol. The first-order valence-corrected chi connectivity index (χ1v) is 5.31. The highest BCUT2D eigenvalue weighted by molar-refractivity contribution is 5.77. The van der Waals surface area contributed by atoms with Gasteiger partial charge in [-0.15, -0.1) is 0 Å². The lowest BCUT2D eigenvalue weighted by molar-refractivity contribution is 0.854. The summed E-state index contributed by atoms with van der Waals surface area (Å²) in [6.07, 6.45) is 3.18. The summed E-state index contributed by atoms with van der Waals surface area (Å²) in [7, 11) is 0. The second-order valence-corrected chi connectivity index (χ2v) is 3.73. The highest BCUT2D eigenvalue weighted by atomic mass is 16.1. The third-order valence-electron chi connectivity index (χ3n) is 2.52. The monoisotopic (exact) mass is 239 g/mol. The van der Waals surface area contributed by atoms with Crippen LogP contribution in [-0.4, -0.2) is 19.5 Å². The number of nitrogens with two attached hydrogens (primary N) is 1. The molecule has 3 rings (SSSR count). The second-order valence-electron chi connectivity index (χ2n) is 3.73. The molecule has 0 aliphatic rings. The van der Waals surface area contributed by atoms with E-state index in [1.54, 1.807) is 6.20 Å². The lowest BCUT2D eigenvalue weighted by atomic mass is 10.2. The van der Waals surface area contributed by atoms with Crippen molar-refractivity contribution in [2.75, 3.05) is 5.73 Å². The van der Waals surface area contributed by atoms with Crippen molar-refractivity contribution < 1.29 is 0 Å². The van der Waals surface area contributed by atoms with Crippen LogP contribution in [0.4, 0.5) is 5.82 Å². The molecule has 2 aromatic heterocycles. The van der Waals surface area contributed by atoms with Crippen molar-refractivity contribution in [2.45, 2.75) is 0 Å². The lowest BCUT2D eigenvalue weighted by Gasteiger charge is -2.04. The topological polar surface area (TPSA) is 86.7 Å². The Hall–Kier alpha value is -2.76. The number of aromatic nitrogens is 4. The maximum Gasteiger partial charge on any atom is 0.356 e. The van der Waals surface area contributed by atoms with Crippen LogP contribution >= 0.6 is 0 Å². The van der Waals surface area contributed by atoms with Gasteiger partial charge in [0.05, 0.1) is 5.52 Å². The molecule has 6 nitrogen and oxygen atoms in total. The van der Waals surface area contributed by atoms with E-state index in [1.165, 1.54) is 16.8 Å². The number of hydrogen-bond donors (Lipinski definition) is 1. The first-order chi connectivity index (χ1) is 8.74. The first kappa shape index (κ1) is 10.4. The minimum absolute atomic E-state index is 0.178. The van der Waals surface area contributed by atoms with E-state index in [9.17, 15) is 4.79 Å². The van der Waals surface area contributed by atoms with E-state index < -0.39 is 5.69 Å². The zero-order chi connectivity index (χ0) is 12.5. The van der Waals surface area contributed by atoms with Crippen molar-refractivity contribution in [2.24, 2.45) is 0 Å². The van der Waals surface area contributed by atoms with Gasteiger partial charge in [-0.25, -0.2) is 19.3 Å².